The number of hydrogen-bond acceptors (Lipinski definition) is 4. The van der Waals surface area contributed by atoms with Crippen LogP contribution in [-0.2, 0) is 10.2 Å². The van der Waals surface area contributed by atoms with Gasteiger partial charge in [0.05, 0.1) is 11.2 Å². The van der Waals surface area contributed by atoms with Gasteiger partial charge in [0, 0.05) is 31.4 Å². The number of imidazole rings is 1. The summed E-state index contributed by atoms with van der Waals surface area (Å²) < 4.78 is 0. The number of piperidine rings is 1. The lowest BCUT2D eigenvalue weighted by Gasteiger charge is -2.35. The van der Waals surface area contributed by atoms with Crippen LogP contribution in [0.1, 0.15) is 61.7 Å². The summed E-state index contributed by atoms with van der Waals surface area (Å²) in [4.78, 5) is 27.6. The predicted octanol–water partition coefficient (Wildman–Crippen LogP) is 4.23. The van der Waals surface area contributed by atoms with Gasteiger partial charge in [-0.2, -0.15) is 0 Å². The summed E-state index contributed by atoms with van der Waals surface area (Å²) in [5.74, 6) is 1.54. The number of nitrogens with one attached hydrogen (secondary N) is 1. The van der Waals surface area contributed by atoms with Gasteiger partial charge in [0.2, 0.25) is 5.91 Å². The Bertz CT molecular complexity index is 1060. The molecule has 1 fully saturated rings. The molecule has 0 radical (unpaired) electrons. The Kier molecular flexibility index (Phi) is 5.26. The van der Waals surface area contributed by atoms with Crippen molar-refractivity contribution < 1.29 is 4.79 Å². The number of likely N-dealkylation sites (tertiary alicyclic amines) is 1. The van der Waals surface area contributed by atoms with Crippen LogP contribution in [0.5, 0.6) is 0 Å². The minimum atomic E-state index is -0.220. The number of rotatable bonds is 4. The smallest absolute Gasteiger partial charge is 0.223 e. The van der Waals surface area contributed by atoms with Gasteiger partial charge in [0.1, 0.15) is 11.3 Å². The van der Waals surface area contributed by atoms with E-state index in [-0.39, 0.29) is 11.3 Å². The molecule has 6 heteroatoms. The Morgan fingerprint density at radius 2 is 1.87 bits per heavy atom. The second-order valence-corrected chi connectivity index (χ2v) is 9.18. The SMILES string of the molecule is Cc1nc2c(C)ncc(C3CCN(C(=O)CC(C)(C)c4ccc(N)cc4)CC3)c2[nH]1. The zero-order chi connectivity index (χ0) is 21.5. The van der Waals surface area contributed by atoms with Crippen LogP contribution in [0.15, 0.2) is 30.5 Å². The van der Waals surface area contributed by atoms with E-state index in [1.807, 2.05) is 49.2 Å². The number of nitrogen functional groups attached to an aromatic ring is 1. The number of hydrogen-bond donors (Lipinski definition) is 2. The average molecular weight is 406 g/mol. The van der Waals surface area contributed by atoms with Crippen LogP contribution in [0.2, 0.25) is 0 Å². The molecule has 0 unspecified atom stereocenters. The molecule has 1 saturated heterocycles. The fourth-order valence-corrected chi connectivity index (χ4v) is 4.53. The quantitative estimate of drug-likeness (QED) is 0.636. The Balaban J connectivity index is 1.43. The first kappa shape index (κ1) is 20.4. The maximum absolute atomic E-state index is 13.0. The van der Waals surface area contributed by atoms with E-state index >= 15 is 0 Å². The second-order valence-electron chi connectivity index (χ2n) is 9.18. The molecule has 0 spiro atoms. The maximum atomic E-state index is 13.0. The number of anilines is 1. The molecule has 2 aromatic heterocycles. The lowest BCUT2D eigenvalue weighted by Crippen LogP contribution is -2.40. The van der Waals surface area contributed by atoms with Crippen molar-refractivity contribution in [2.45, 2.75) is 58.3 Å². The molecule has 0 aliphatic carbocycles. The monoisotopic (exact) mass is 405 g/mol. The van der Waals surface area contributed by atoms with Gasteiger partial charge in [-0.15, -0.1) is 0 Å². The van der Waals surface area contributed by atoms with Gasteiger partial charge in [-0.05, 0) is 61.3 Å². The summed E-state index contributed by atoms with van der Waals surface area (Å²) >= 11 is 0. The Morgan fingerprint density at radius 3 is 2.53 bits per heavy atom. The largest absolute Gasteiger partial charge is 0.399 e. The van der Waals surface area contributed by atoms with Crippen molar-refractivity contribution >= 4 is 22.6 Å². The summed E-state index contributed by atoms with van der Waals surface area (Å²) in [5.41, 5.74) is 11.7. The lowest BCUT2D eigenvalue weighted by atomic mass is 9.80. The number of H-pyrrole nitrogens is 1. The molecule has 3 heterocycles. The van der Waals surface area contributed by atoms with E-state index in [4.69, 9.17) is 5.73 Å². The molecule has 1 aromatic carbocycles. The molecular formula is C24H31N5O. The molecule has 0 saturated carbocycles. The molecule has 6 nitrogen and oxygen atoms in total. The third-order valence-electron chi connectivity index (χ3n) is 6.42. The fraction of sp³-hybridized carbons (Fsp3) is 0.458. The molecule has 4 rings (SSSR count). The van der Waals surface area contributed by atoms with Crippen molar-refractivity contribution in [1.29, 1.82) is 0 Å². The molecule has 1 aliphatic rings. The number of nitrogens with zero attached hydrogens (tertiary/aromatic N) is 3. The second kappa shape index (κ2) is 7.74. The van der Waals surface area contributed by atoms with Crippen LogP contribution in [-0.4, -0.2) is 38.8 Å². The number of nitrogens with two attached hydrogens (primary N) is 1. The van der Waals surface area contributed by atoms with Gasteiger partial charge in [0.15, 0.2) is 0 Å². The topological polar surface area (TPSA) is 87.9 Å². The van der Waals surface area contributed by atoms with Crippen LogP contribution in [0, 0.1) is 13.8 Å². The summed E-state index contributed by atoms with van der Waals surface area (Å²) in [7, 11) is 0. The molecule has 0 atom stereocenters. The number of carbonyl (C=O) groups is 1. The highest BCUT2D eigenvalue weighted by atomic mass is 16.2. The van der Waals surface area contributed by atoms with Crippen molar-refractivity contribution in [3.8, 4) is 0 Å². The molecule has 158 valence electrons. The first-order valence-electron chi connectivity index (χ1n) is 10.7. The molecule has 0 bridgehead atoms. The minimum absolute atomic E-state index is 0.220. The zero-order valence-electron chi connectivity index (χ0n) is 18.3. The van der Waals surface area contributed by atoms with E-state index in [1.54, 1.807) is 0 Å². The standard InChI is InChI=1S/C24H31N5O/c1-15-22-23(28-16(2)27-22)20(14-26-15)17-9-11-29(12-10-17)21(30)13-24(3,4)18-5-7-19(25)8-6-18/h5-8,14,17H,9-13,25H2,1-4H3,(H,27,28). The van der Waals surface area contributed by atoms with Crippen molar-refractivity contribution in [2.75, 3.05) is 18.8 Å². The fourth-order valence-electron chi connectivity index (χ4n) is 4.53. The maximum Gasteiger partial charge on any atom is 0.223 e. The zero-order valence-corrected chi connectivity index (χ0v) is 18.3. The Morgan fingerprint density at radius 1 is 1.20 bits per heavy atom. The van der Waals surface area contributed by atoms with Gasteiger partial charge >= 0.3 is 0 Å². The summed E-state index contributed by atoms with van der Waals surface area (Å²) in [5, 5.41) is 0. The average Bonchev–Trinajstić information content (AvgIpc) is 3.11. The van der Waals surface area contributed by atoms with Crippen LogP contribution < -0.4 is 5.73 Å². The molecule has 3 aromatic rings. The summed E-state index contributed by atoms with van der Waals surface area (Å²) in [6.45, 7) is 9.79. The highest BCUT2D eigenvalue weighted by Gasteiger charge is 2.30. The van der Waals surface area contributed by atoms with Crippen molar-refractivity contribution in [3.05, 3.63) is 53.1 Å². The van der Waals surface area contributed by atoms with Gasteiger partial charge < -0.3 is 15.6 Å². The van der Waals surface area contributed by atoms with Gasteiger partial charge in [-0.3, -0.25) is 9.78 Å². The van der Waals surface area contributed by atoms with Crippen molar-refractivity contribution in [1.82, 2.24) is 19.9 Å². The lowest BCUT2D eigenvalue weighted by molar-refractivity contribution is -0.133. The van der Waals surface area contributed by atoms with E-state index in [1.165, 1.54) is 5.56 Å². The van der Waals surface area contributed by atoms with E-state index in [2.05, 4.69) is 28.8 Å². The normalized spacial score (nSPS) is 15.7. The number of fused-ring (bicyclic) bond motifs is 1. The first-order chi connectivity index (χ1) is 14.2. The predicted molar refractivity (Wildman–Crippen MR) is 120 cm³/mol. The van der Waals surface area contributed by atoms with E-state index in [9.17, 15) is 4.79 Å². The van der Waals surface area contributed by atoms with Crippen LogP contribution in [0.3, 0.4) is 0 Å². The molecule has 1 aliphatic heterocycles. The molecular weight excluding hydrogens is 374 g/mol. The number of aromatic amines is 1. The number of carbonyl (C=O) groups excluding carboxylic acids is 1. The third-order valence-corrected chi connectivity index (χ3v) is 6.42. The number of benzene rings is 1. The Hall–Kier alpha value is -2.89. The van der Waals surface area contributed by atoms with Gasteiger partial charge in [-0.1, -0.05) is 26.0 Å². The number of aryl methyl sites for hydroxylation is 2. The van der Waals surface area contributed by atoms with Crippen molar-refractivity contribution in [3.63, 3.8) is 0 Å². The highest BCUT2D eigenvalue weighted by Crippen LogP contribution is 2.34. The minimum Gasteiger partial charge on any atom is -0.399 e. The first-order valence-corrected chi connectivity index (χ1v) is 10.7. The van der Waals surface area contributed by atoms with Crippen LogP contribution >= 0.6 is 0 Å². The molecule has 3 N–H and O–H groups in total. The van der Waals surface area contributed by atoms with Crippen LogP contribution in [0.4, 0.5) is 5.69 Å². The van der Waals surface area contributed by atoms with E-state index in [0.29, 0.717) is 12.3 Å². The third kappa shape index (κ3) is 3.91. The summed E-state index contributed by atoms with van der Waals surface area (Å²) in [6, 6.07) is 7.86. The Labute approximate surface area is 177 Å². The molecule has 1 amide bonds. The highest BCUT2D eigenvalue weighted by molar-refractivity contribution is 5.81. The summed E-state index contributed by atoms with van der Waals surface area (Å²) in [6.07, 6.45) is 4.39. The van der Waals surface area contributed by atoms with E-state index < -0.39 is 0 Å². The van der Waals surface area contributed by atoms with E-state index in [0.717, 1.165) is 59.7 Å². The van der Waals surface area contributed by atoms with Gasteiger partial charge in [0.25, 0.3) is 0 Å². The number of pyridine rings is 1. The number of aromatic nitrogens is 3. The van der Waals surface area contributed by atoms with Crippen molar-refractivity contribution in [2.24, 2.45) is 0 Å². The number of amides is 1. The van der Waals surface area contributed by atoms with Gasteiger partial charge in [-0.25, -0.2) is 4.98 Å². The molecule has 30 heavy (non-hydrogen) atoms. The van der Waals surface area contributed by atoms with Crippen LogP contribution in [0.25, 0.3) is 11.0 Å².